The molecule has 2 heterocycles. The van der Waals surface area contributed by atoms with Crippen molar-refractivity contribution in [1.82, 2.24) is 14.9 Å². The number of rotatable bonds is 7. The number of aliphatic hydroxyl groups is 1. The van der Waals surface area contributed by atoms with Crippen molar-refractivity contribution in [2.75, 3.05) is 37.6 Å². The predicted octanol–water partition coefficient (Wildman–Crippen LogP) is 3.22. The molecule has 3 rings (SSSR count). The number of halogens is 1. The molecule has 1 aromatic heterocycles. The van der Waals surface area contributed by atoms with Crippen molar-refractivity contribution in [1.29, 1.82) is 0 Å². The third-order valence-corrected chi connectivity index (χ3v) is 5.70. The predicted molar refractivity (Wildman–Crippen MR) is 115 cm³/mol. The molecule has 0 bridgehead atoms. The van der Waals surface area contributed by atoms with Crippen LogP contribution >= 0.6 is 0 Å². The molecule has 1 N–H and O–H groups in total. The van der Waals surface area contributed by atoms with Crippen molar-refractivity contribution in [3.8, 4) is 0 Å². The highest BCUT2D eigenvalue weighted by atomic mass is 19.1. The highest BCUT2D eigenvalue weighted by Gasteiger charge is 2.24. The number of hydrogen-bond donors (Lipinski definition) is 1. The Morgan fingerprint density at radius 1 is 1.07 bits per heavy atom. The van der Waals surface area contributed by atoms with E-state index in [1.807, 2.05) is 19.1 Å². The summed E-state index contributed by atoms with van der Waals surface area (Å²) < 4.78 is 13.3. The SMILES string of the molecule is CCc1nc(C)nc(N2CCN(C[C@@H](O)C(C)C)CC2)c1Cc1ccc(F)cc1. The molecule has 0 spiro atoms. The number of nitrogens with zero attached hydrogens (tertiary/aromatic N) is 4. The fourth-order valence-electron chi connectivity index (χ4n) is 3.80. The van der Waals surface area contributed by atoms with Gasteiger partial charge in [0.25, 0.3) is 0 Å². The number of hydrogen-bond acceptors (Lipinski definition) is 5. The zero-order valence-electron chi connectivity index (χ0n) is 18.0. The van der Waals surface area contributed by atoms with Crippen LogP contribution in [0.5, 0.6) is 0 Å². The molecule has 0 aliphatic carbocycles. The second-order valence-electron chi connectivity index (χ2n) is 8.28. The van der Waals surface area contributed by atoms with E-state index in [2.05, 4.69) is 35.6 Å². The van der Waals surface area contributed by atoms with Crippen molar-refractivity contribution >= 4 is 5.82 Å². The van der Waals surface area contributed by atoms with Crippen molar-refractivity contribution < 1.29 is 9.50 Å². The summed E-state index contributed by atoms with van der Waals surface area (Å²) in [6.45, 7) is 12.5. The summed E-state index contributed by atoms with van der Waals surface area (Å²) in [4.78, 5) is 14.2. The number of aryl methyl sites for hydroxylation is 2. The van der Waals surface area contributed by atoms with Gasteiger partial charge in [0, 0.05) is 50.4 Å². The molecule has 5 nitrogen and oxygen atoms in total. The molecule has 0 saturated carbocycles. The molecular weight excluding hydrogens is 367 g/mol. The first-order valence-corrected chi connectivity index (χ1v) is 10.6. The molecular formula is C23H33FN4O. The number of aromatic nitrogens is 2. The minimum Gasteiger partial charge on any atom is -0.392 e. The van der Waals surface area contributed by atoms with E-state index in [1.54, 1.807) is 0 Å². The van der Waals surface area contributed by atoms with Gasteiger partial charge in [-0.05, 0) is 37.0 Å². The summed E-state index contributed by atoms with van der Waals surface area (Å²) in [7, 11) is 0. The lowest BCUT2D eigenvalue weighted by atomic mass is 10.0. The standard InChI is InChI=1S/C23H33FN4O/c1-5-21-20(14-18-6-8-19(24)9-7-18)23(26-17(4)25-21)28-12-10-27(11-13-28)15-22(29)16(2)3/h6-9,16,22,29H,5,10-15H2,1-4H3/t22-/m1/s1. The molecule has 2 aromatic rings. The minimum atomic E-state index is -0.288. The van der Waals surface area contributed by atoms with E-state index >= 15 is 0 Å². The molecule has 1 aromatic carbocycles. The van der Waals surface area contributed by atoms with Gasteiger partial charge in [-0.2, -0.15) is 0 Å². The highest BCUT2D eigenvalue weighted by Crippen LogP contribution is 2.26. The van der Waals surface area contributed by atoms with Gasteiger partial charge in [0.1, 0.15) is 17.5 Å². The lowest BCUT2D eigenvalue weighted by molar-refractivity contribution is 0.0738. The van der Waals surface area contributed by atoms with Gasteiger partial charge in [0.2, 0.25) is 0 Å². The van der Waals surface area contributed by atoms with Crippen LogP contribution in [0.15, 0.2) is 24.3 Å². The summed E-state index contributed by atoms with van der Waals surface area (Å²) >= 11 is 0. The highest BCUT2D eigenvalue weighted by molar-refractivity contribution is 5.52. The van der Waals surface area contributed by atoms with E-state index in [0.717, 1.165) is 67.6 Å². The Balaban J connectivity index is 1.80. The van der Waals surface area contributed by atoms with Gasteiger partial charge in [0.15, 0.2) is 0 Å². The van der Waals surface area contributed by atoms with E-state index in [9.17, 15) is 9.50 Å². The first-order valence-electron chi connectivity index (χ1n) is 10.6. The molecule has 0 unspecified atom stereocenters. The normalized spacial score (nSPS) is 16.4. The summed E-state index contributed by atoms with van der Waals surface area (Å²) in [5.74, 6) is 1.84. The van der Waals surface area contributed by atoms with Gasteiger partial charge < -0.3 is 10.0 Å². The maximum atomic E-state index is 13.3. The van der Waals surface area contributed by atoms with Crippen LogP contribution in [-0.2, 0) is 12.8 Å². The molecule has 1 saturated heterocycles. The largest absolute Gasteiger partial charge is 0.392 e. The monoisotopic (exact) mass is 400 g/mol. The Labute approximate surface area is 173 Å². The topological polar surface area (TPSA) is 52.5 Å². The maximum absolute atomic E-state index is 13.3. The first kappa shape index (κ1) is 21.7. The average Bonchev–Trinajstić information content (AvgIpc) is 2.71. The summed E-state index contributed by atoms with van der Waals surface area (Å²) in [6.07, 6.45) is 1.25. The minimum absolute atomic E-state index is 0.218. The summed E-state index contributed by atoms with van der Waals surface area (Å²) in [5, 5.41) is 10.2. The van der Waals surface area contributed by atoms with E-state index < -0.39 is 0 Å². The van der Waals surface area contributed by atoms with Gasteiger partial charge >= 0.3 is 0 Å². The Morgan fingerprint density at radius 3 is 2.31 bits per heavy atom. The van der Waals surface area contributed by atoms with E-state index in [4.69, 9.17) is 4.98 Å². The second-order valence-corrected chi connectivity index (χ2v) is 8.28. The number of aliphatic hydroxyl groups excluding tert-OH is 1. The lowest BCUT2D eigenvalue weighted by Crippen LogP contribution is -2.49. The lowest BCUT2D eigenvalue weighted by Gasteiger charge is -2.37. The van der Waals surface area contributed by atoms with Crippen LogP contribution in [0, 0.1) is 18.7 Å². The molecule has 0 radical (unpaired) electrons. The maximum Gasteiger partial charge on any atom is 0.136 e. The third-order valence-electron chi connectivity index (χ3n) is 5.70. The first-order chi connectivity index (χ1) is 13.9. The molecule has 1 fully saturated rings. The number of piperazine rings is 1. The van der Waals surface area contributed by atoms with Crippen LogP contribution in [0.4, 0.5) is 10.2 Å². The van der Waals surface area contributed by atoms with Gasteiger partial charge in [-0.3, -0.25) is 4.90 Å². The van der Waals surface area contributed by atoms with Gasteiger partial charge in [-0.1, -0.05) is 32.9 Å². The molecule has 1 aliphatic rings. The zero-order valence-corrected chi connectivity index (χ0v) is 18.0. The van der Waals surface area contributed by atoms with Gasteiger partial charge in [0.05, 0.1) is 6.10 Å². The van der Waals surface area contributed by atoms with E-state index in [-0.39, 0.29) is 17.8 Å². The quantitative estimate of drug-likeness (QED) is 0.773. The molecule has 1 aliphatic heterocycles. The third kappa shape index (κ3) is 5.52. The van der Waals surface area contributed by atoms with Gasteiger partial charge in [-0.15, -0.1) is 0 Å². The number of anilines is 1. The Bertz CT molecular complexity index is 801. The molecule has 0 amide bonds. The second kappa shape index (κ2) is 9.63. The van der Waals surface area contributed by atoms with Crippen LogP contribution in [0.1, 0.15) is 43.4 Å². The zero-order chi connectivity index (χ0) is 21.0. The smallest absolute Gasteiger partial charge is 0.136 e. The van der Waals surface area contributed by atoms with Crippen LogP contribution in [0.25, 0.3) is 0 Å². The van der Waals surface area contributed by atoms with Crippen LogP contribution in [-0.4, -0.2) is 58.8 Å². The van der Waals surface area contributed by atoms with Crippen LogP contribution < -0.4 is 4.90 Å². The Hall–Kier alpha value is -2.05. The average molecular weight is 401 g/mol. The van der Waals surface area contributed by atoms with Crippen molar-refractivity contribution in [2.45, 2.75) is 46.6 Å². The van der Waals surface area contributed by atoms with Gasteiger partial charge in [-0.25, -0.2) is 14.4 Å². The summed E-state index contributed by atoms with van der Waals surface area (Å²) in [6, 6.07) is 6.69. The Morgan fingerprint density at radius 2 is 1.72 bits per heavy atom. The van der Waals surface area contributed by atoms with Crippen molar-refractivity contribution in [3.05, 3.63) is 52.7 Å². The fraction of sp³-hybridized carbons (Fsp3) is 0.565. The fourth-order valence-corrected chi connectivity index (χ4v) is 3.80. The van der Waals surface area contributed by atoms with E-state index in [1.165, 1.54) is 12.1 Å². The van der Waals surface area contributed by atoms with Crippen molar-refractivity contribution in [3.63, 3.8) is 0 Å². The van der Waals surface area contributed by atoms with Crippen LogP contribution in [0.3, 0.4) is 0 Å². The van der Waals surface area contributed by atoms with E-state index in [0.29, 0.717) is 6.42 Å². The molecule has 1 atom stereocenters. The van der Waals surface area contributed by atoms with Crippen LogP contribution in [0.2, 0.25) is 0 Å². The molecule has 6 heteroatoms. The van der Waals surface area contributed by atoms with Crippen molar-refractivity contribution in [2.24, 2.45) is 5.92 Å². The molecule has 158 valence electrons. The summed E-state index contributed by atoms with van der Waals surface area (Å²) in [5.41, 5.74) is 3.27. The molecule has 29 heavy (non-hydrogen) atoms. The number of β-amino-alcohol motifs (C(OH)–C–C–N with tert-alkyl or cyclic N) is 1. The number of benzene rings is 1. The Kier molecular flexibility index (Phi) is 7.19.